The van der Waals surface area contributed by atoms with Gasteiger partial charge in [-0.25, -0.2) is 9.97 Å². The van der Waals surface area contributed by atoms with Gasteiger partial charge in [0.05, 0.1) is 11.9 Å². The van der Waals surface area contributed by atoms with Gasteiger partial charge in [-0.1, -0.05) is 41.9 Å². The van der Waals surface area contributed by atoms with Crippen molar-refractivity contribution in [2.75, 3.05) is 0 Å². The molecular weight excluding hydrogens is 262 g/mol. The van der Waals surface area contributed by atoms with E-state index >= 15 is 0 Å². The van der Waals surface area contributed by atoms with Gasteiger partial charge in [-0.05, 0) is 6.92 Å². The van der Waals surface area contributed by atoms with E-state index in [1.54, 1.807) is 6.20 Å². The normalized spacial score (nSPS) is 10.6. The van der Waals surface area contributed by atoms with Crippen LogP contribution in [-0.4, -0.2) is 25.4 Å². The number of aromatic nitrogens is 5. The molecule has 0 fully saturated rings. The number of nitrogens with zero attached hydrogens (tertiary/aromatic N) is 4. The van der Waals surface area contributed by atoms with E-state index in [4.69, 9.17) is 11.6 Å². The predicted octanol–water partition coefficient (Wildman–Crippen LogP) is 2.89. The van der Waals surface area contributed by atoms with Crippen LogP contribution >= 0.6 is 11.6 Å². The largest absolute Gasteiger partial charge is 0.226 e. The molecule has 0 bridgehead atoms. The van der Waals surface area contributed by atoms with Crippen LogP contribution in [0.2, 0.25) is 5.15 Å². The van der Waals surface area contributed by atoms with E-state index in [2.05, 4.69) is 25.4 Å². The molecule has 3 aromatic rings. The molecule has 19 heavy (non-hydrogen) atoms. The molecule has 6 heteroatoms. The summed E-state index contributed by atoms with van der Waals surface area (Å²) in [5.41, 5.74) is 3.21. The quantitative estimate of drug-likeness (QED) is 0.728. The van der Waals surface area contributed by atoms with Crippen molar-refractivity contribution < 1.29 is 0 Å². The Kier molecular flexibility index (Phi) is 2.97. The molecule has 94 valence electrons. The van der Waals surface area contributed by atoms with Gasteiger partial charge in [0.15, 0.2) is 5.82 Å². The molecule has 0 spiro atoms. The van der Waals surface area contributed by atoms with Crippen molar-refractivity contribution in [1.82, 2.24) is 25.4 Å². The van der Waals surface area contributed by atoms with Crippen molar-refractivity contribution in [2.45, 2.75) is 6.92 Å². The third kappa shape index (κ3) is 2.20. The molecule has 0 unspecified atom stereocenters. The molecule has 0 atom stereocenters. The fourth-order valence-electron chi connectivity index (χ4n) is 1.79. The van der Waals surface area contributed by atoms with Crippen LogP contribution in [0, 0.1) is 6.92 Å². The highest BCUT2D eigenvalue weighted by atomic mass is 35.5. The van der Waals surface area contributed by atoms with Crippen molar-refractivity contribution in [3.63, 3.8) is 0 Å². The molecule has 0 saturated carbocycles. The average Bonchev–Trinajstić information content (AvgIpc) is 2.97. The van der Waals surface area contributed by atoms with Gasteiger partial charge in [0.1, 0.15) is 10.8 Å². The predicted molar refractivity (Wildman–Crippen MR) is 72.6 cm³/mol. The van der Waals surface area contributed by atoms with Crippen molar-refractivity contribution in [1.29, 1.82) is 0 Å². The standard InChI is InChI=1S/C13H10ClN5/c1-8-11(9-5-3-2-4-6-9)16-13(17-12(8)14)10-7-15-19-18-10/h2-7H,1H3,(H,15,18,19). The Morgan fingerprint density at radius 2 is 1.89 bits per heavy atom. The number of benzene rings is 1. The summed E-state index contributed by atoms with van der Waals surface area (Å²) in [7, 11) is 0. The third-order valence-electron chi connectivity index (χ3n) is 2.78. The zero-order valence-electron chi connectivity index (χ0n) is 10.1. The van der Waals surface area contributed by atoms with Gasteiger partial charge in [0.25, 0.3) is 0 Å². The Labute approximate surface area is 114 Å². The summed E-state index contributed by atoms with van der Waals surface area (Å²) in [6, 6.07) is 9.85. The SMILES string of the molecule is Cc1c(Cl)nc(-c2cn[nH]n2)nc1-c1ccccc1. The minimum Gasteiger partial charge on any atom is -0.226 e. The summed E-state index contributed by atoms with van der Waals surface area (Å²) < 4.78 is 0. The minimum atomic E-state index is 0.423. The van der Waals surface area contributed by atoms with Crippen LogP contribution in [0.3, 0.4) is 0 Å². The Balaban J connectivity index is 2.20. The maximum Gasteiger partial charge on any atom is 0.183 e. The first-order valence-corrected chi connectivity index (χ1v) is 6.09. The minimum absolute atomic E-state index is 0.423. The second-order valence-corrected chi connectivity index (χ2v) is 4.39. The van der Waals surface area contributed by atoms with Gasteiger partial charge >= 0.3 is 0 Å². The van der Waals surface area contributed by atoms with E-state index in [0.717, 1.165) is 16.8 Å². The van der Waals surface area contributed by atoms with Crippen LogP contribution in [0.25, 0.3) is 22.8 Å². The first kappa shape index (κ1) is 11.8. The van der Waals surface area contributed by atoms with E-state index in [9.17, 15) is 0 Å². The van der Waals surface area contributed by atoms with Crippen LogP contribution < -0.4 is 0 Å². The maximum absolute atomic E-state index is 6.18. The zero-order valence-corrected chi connectivity index (χ0v) is 10.9. The first-order valence-electron chi connectivity index (χ1n) is 5.71. The summed E-state index contributed by atoms with van der Waals surface area (Å²) in [6.45, 7) is 1.90. The number of halogens is 1. The lowest BCUT2D eigenvalue weighted by Crippen LogP contribution is -1.97. The molecule has 5 nitrogen and oxygen atoms in total. The molecule has 0 aliphatic rings. The number of H-pyrrole nitrogens is 1. The van der Waals surface area contributed by atoms with E-state index in [1.807, 2.05) is 37.3 Å². The highest BCUT2D eigenvalue weighted by molar-refractivity contribution is 6.30. The molecule has 1 aromatic carbocycles. The van der Waals surface area contributed by atoms with Gasteiger partial charge in [-0.3, -0.25) is 0 Å². The van der Waals surface area contributed by atoms with E-state index in [1.165, 1.54) is 0 Å². The van der Waals surface area contributed by atoms with Gasteiger partial charge in [0, 0.05) is 11.1 Å². The number of hydrogen-bond acceptors (Lipinski definition) is 4. The van der Waals surface area contributed by atoms with Gasteiger partial charge < -0.3 is 0 Å². The second-order valence-electron chi connectivity index (χ2n) is 4.03. The number of aromatic amines is 1. The number of rotatable bonds is 2. The molecule has 2 heterocycles. The van der Waals surface area contributed by atoms with Crippen molar-refractivity contribution >= 4 is 11.6 Å². The molecular formula is C13H10ClN5. The van der Waals surface area contributed by atoms with Crippen molar-refractivity contribution in [3.8, 4) is 22.8 Å². The molecule has 0 aliphatic carbocycles. The molecule has 0 aliphatic heterocycles. The fourth-order valence-corrected chi connectivity index (χ4v) is 1.96. The summed E-state index contributed by atoms with van der Waals surface area (Å²) in [5, 5.41) is 10.7. The Morgan fingerprint density at radius 1 is 1.11 bits per heavy atom. The Morgan fingerprint density at radius 3 is 2.58 bits per heavy atom. The number of hydrogen-bond donors (Lipinski definition) is 1. The highest BCUT2D eigenvalue weighted by Gasteiger charge is 2.13. The third-order valence-corrected chi connectivity index (χ3v) is 3.15. The lowest BCUT2D eigenvalue weighted by atomic mass is 10.1. The van der Waals surface area contributed by atoms with E-state index < -0.39 is 0 Å². The summed E-state index contributed by atoms with van der Waals surface area (Å²) in [5.74, 6) is 0.461. The summed E-state index contributed by atoms with van der Waals surface area (Å²) >= 11 is 6.18. The molecule has 3 rings (SSSR count). The average molecular weight is 272 g/mol. The molecule has 0 radical (unpaired) electrons. The lowest BCUT2D eigenvalue weighted by molar-refractivity contribution is 0.938. The van der Waals surface area contributed by atoms with E-state index in [-0.39, 0.29) is 0 Å². The second kappa shape index (κ2) is 4.78. The topological polar surface area (TPSA) is 67.3 Å². The zero-order chi connectivity index (χ0) is 13.2. The fraction of sp³-hybridized carbons (Fsp3) is 0.0769. The van der Waals surface area contributed by atoms with Crippen LogP contribution in [0.15, 0.2) is 36.5 Å². The molecule has 1 N–H and O–H groups in total. The molecule has 0 saturated heterocycles. The maximum atomic E-state index is 6.18. The molecule has 0 amide bonds. The Bertz CT molecular complexity index is 695. The van der Waals surface area contributed by atoms with Crippen LogP contribution in [0.5, 0.6) is 0 Å². The van der Waals surface area contributed by atoms with Crippen molar-refractivity contribution in [2.24, 2.45) is 0 Å². The Hall–Kier alpha value is -2.27. The van der Waals surface area contributed by atoms with Crippen LogP contribution in [0.4, 0.5) is 0 Å². The van der Waals surface area contributed by atoms with Gasteiger partial charge in [-0.2, -0.15) is 15.4 Å². The number of nitrogens with one attached hydrogen (secondary N) is 1. The highest BCUT2D eigenvalue weighted by Crippen LogP contribution is 2.27. The summed E-state index contributed by atoms with van der Waals surface area (Å²) in [6.07, 6.45) is 1.57. The van der Waals surface area contributed by atoms with Crippen LogP contribution in [-0.2, 0) is 0 Å². The van der Waals surface area contributed by atoms with Crippen molar-refractivity contribution in [3.05, 3.63) is 47.2 Å². The first-order chi connectivity index (χ1) is 9.25. The smallest absolute Gasteiger partial charge is 0.183 e. The van der Waals surface area contributed by atoms with Crippen LogP contribution in [0.1, 0.15) is 5.56 Å². The lowest BCUT2D eigenvalue weighted by Gasteiger charge is -2.08. The monoisotopic (exact) mass is 271 g/mol. The summed E-state index contributed by atoms with van der Waals surface area (Å²) in [4.78, 5) is 8.76. The van der Waals surface area contributed by atoms with Gasteiger partial charge in [0.2, 0.25) is 0 Å². The van der Waals surface area contributed by atoms with E-state index in [0.29, 0.717) is 16.7 Å². The van der Waals surface area contributed by atoms with Gasteiger partial charge in [-0.15, -0.1) is 0 Å². The molecule has 2 aromatic heterocycles.